The fourth-order valence-electron chi connectivity index (χ4n) is 3.82. The number of nitrogens with one attached hydrogen (secondary N) is 2. The molecular weight excluding hydrogens is 409 g/mol. The van der Waals surface area contributed by atoms with Gasteiger partial charge in [0.2, 0.25) is 5.91 Å². The summed E-state index contributed by atoms with van der Waals surface area (Å²) in [6.45, 7) is 2.01. The normalized spacial score (nSPS) is 15.9. The van der Waals surface area contributed by atoms with Crippen molar-refractivity contribution in [1.29, 1.82) is 0 Å². The molecule has 1 amide bonds. The van der Waals surface area contributed by atoms with Gasteiger partial charge in [0.1, 0.15) is 5.82 Å². The van der Waals surface area contributed by atoms with E-state index < -0.39 is 5.82 Å². The van der Waals surface area contributed by atoms with Crippen LogP contribution >= 0.6 is 15.9 Å². The van der Waals surface area contributed by atoms with Gasteiger partial charge in [0, 0.05) is 21.6 Å². The lowest BCUT2D eigenvalue weighted by atomic mass is 9.89. The van der Waals surface area contributed by atoms with Gasteiger partial charge in [-0.15, -0.1) is 0 Å². The number of rotatable bonds is 4. The van der Waals surface area contributed by atoms with Crippen LogP contribution in [0.4, 0.5) is 10.1 Å². The molecule has 4 rings (SSSR count). The van der Waals surface area contributed by atoms with Crippen LogP contribution < -0.4 is 5.32 Å². The molecule has 1 aliphatic rings. The van der Waals surface area contributed by atoms with E-state index in [0.717, 1.165) is 25.9 Å². The average molecular weight is 430 g/mol. The number of halogens is 2. The minimum absolute atomic E-state index is 0.179. The Bertz CT molecular complexity index is 963. The molecule has 1 aromatic heterocycles. The predicted molar refractivity (Wildman–Crippen MR) is 109 cm³/mol. The van der Waals surface area contributed by atoms with Crippen molar-refractivity contribution in [3.8, 4) is 0 Å². The van der Waals surface area contributed by atoms with Crippen LogP contribution in [0.15, 0.2) is 53.1 Å². The van der Waals surface area contributed by atoms with Crippen molar-refractivity contribution in [3.05, 3.63) is 64.5 Å². The number of benzene rings is 2. The number of amides is 1. The van der Waals surface area contributed by atoms with Crippen LogP contribution in [0, 0.1) is 5.82 Å². The largest absolute Gasteiger partial charge is 0.361 e. The number of hydrogen-bond acceptors (Lipinski definition) is 2. The molecule has 1 aliphatic heterocycles. The Morgan fingerprint density at radius 3 is 2.78 bits per heavy atom. The van der Waals surface area contributed by atoms with E-state index in [-0.39, 0.29) is 18.1 Å². The molecule has 2 N–H and O–H groups in total. The summed E-state index contributed by atoms with van der Waals surface area (Å²) in [5.74, 6) is -0.109. The maximum atomic E-state index is 13.9. The number of fused-ring (bicyclic) bond motifs is 1. The van der Waals surface area contributed by atoms with Crippen molar-refractivity contribution >= 4 is 38.4 Å². The van der Waals surface area contributed by atoms with E-state index in [4.69, 9.17) is 0 Å². The van der Waals surface area contributed by atoms with Crippen molar-refractivity contribution in [2.24, 2.45) is 0 Å². The first kappa shape index (κ1) is 18.2. The highest BCUT2D eigenvalue weighted by atomic mass is 79.9. The topological polar surface area (TPSA) is 48.1 Å². The number of anilines is 1. The van der Waals surface area contributed by atoms with E-state index in [0.29, 0.717) is 10.4 Å². The van der Waals surface area contributed by atoms with Gasteiger partial charge in [-0.05, 0) is 61.7 Å². The Labute approximate surface area is 165 Å². The Kier molecular flexibility index (Phi) is 5.27. The second-order valence-electron chi connectivity index (χ2n) is 7.01. The summed E-state index contributed by atoms with van der Waals surface area (Å²) >= 11 is 3.22. The summed E-state index contributed by atoms with van der Waals surface area (Å²) in [6, 6.07) is 13.0. The summed E-state index contributed by atoms with van der Waals surface area (Å²) in [6.07, 6.45) is 4.15. The summed E-state index contributed by atoms with van der Waals surface area (Å²) in [4.78, 5) is 17.8. The molecule has 6 heteroatoms. The fourth-order valence-corrected chi connectivity index (χ4v) is 4.15. The van der Waals surface area contributed by atoms with E-state index in [1.54, 1.807) is 12.1 Å². The summed E-state index contributed by atoms with van der Waals surface area (Å²) in [5.41, 5.74) is 2.76. The molecule has 0 spiro atoms. The zero-order valence-corrected chi connectivity index (χ0v) is 16.4. The van der Waals surface area contributed by atoms with Crippen molar-refractivity contribution in [1.82, 2.24) is 9.88 Å². The van der Waals surface area contributed by atoms with E-state index in [9.17, 15) is 9.18 Å². The molecule has 0 atom stereocenters. The quantitative estimate of drug-likeness (QED) is 0.620. The highest BCUT2D eigenvalue weighted by Gasteiger charge is 2.24. The van der Waals surface area contributed by atoms with Crippen molar-refractivity contribution in [2.45, 2.75) is 18.8 Å². The van der Waals surface area contributed by atoms with Gasteiger partial charge in [-0.2, -0.15) is 0 Å². The number of para-hydroxylation sites is 1. The number of hydrogen-bond donors (Lipinski definition) is 2. The third-order valence-electron chi connectivity index (χ3n) is 5.22. The van der Waals surface area contributed by atoms with Crippen LogP contribution in [-0.4, -0.2) is 35.4 Å². The van der Waals surface area contributed by atoms with Gasteiger partial charge in [0.05, 0.1) is 12.2 Å². The Morgan fingerprint density at radius 2 is 2.00 bits per heavy atom. The Balaban J connectivity index is 1.33. The lowest BCUT2D eigenvalue weighted by molar-refractivity contribution is -0.117. The first-order valence-corrected chi connectivity index (χ1v) is 9.93. The number of likely N-dealkylation sites (tertiary alicyclic amines) is 1. The lowest BCUT2D eigenvalue weighted by Gasteiger charge is -2.31. The molecule has 4 nitrogen and oxygen atoms in total. The minimum Gasteiger partial charge on any atom is -0.361 e. The smallest absolute Gasteiger partial charge is 0.238 e. The van der Waals surface area contributed by atoms with Crippen LogP contribution in [0.5, 0.6) is 0 Å². The zero-order chi connectivity index (χ0) is 18.8. The highest BCUT2D eigenvalue weighted by Crippen LogP contribution is 2.33. The molecular formula is C21H21BrFN3O. The van der Waals surface area contributed by atoms with Gasteiger partial charge in [0.25, 0.3) is 0 Å². The second kappa shape index (κ2) is 7.82. The molecule has 0 bridgehead atoms. The summed E-state index contributed by atoms with van der Waals surface area (Å²) in [5, 5.41) is 3.96. The third kappa shape index (κ3) is 4.06. The van der Waals surface area contributed by atoms with Crippen LogP contribution in [0.2, 0.25) is 0 Å². The molecule has 0 radical (unpaired) electrons. The molecule has 1 fully saturated rings. The van der Waals surface area contributed by atoms with Crippen molar-refractivity contribution in [2.75, 3.05) is 25.0 Å². The standard InChI is InChI=1S/C21H21BrFN3O/c22-15-5-6-20(18(23)11-15)25-21(27)13-26-9-7-14(8-10-26)17-12-24-19-4-2-1-3-16(17)19/h1-6,11-12,14,24H,7-10,13H2,(H,25,27). The summed E-state index contributed by atoms with van der Waals surface area (Å²) < 4.78 is 14.5. The number of nitrogens with zero attached hydrogens (tertiary/aromatic N) is 1. The van der Waals surface area contributed by atoms with Crippen LogP contribution in [-0.2, 0) is 4.79 Å². The Morgan fingerprint density at radius 1 is 1.22 bits per heavy atom. The van der Waals surface area contributed by atoms with Gasteiger partial charge in [-0.25, -0.2) is 4.39 Å². The van der Waals surface area contributed by atoms with E-state index in [1.165, 1.54) is 22.5 Å². The molecule has 3 aromatic rings. The molecule has 0 aliphatic carbocycles. The number of piperidine rings is 1. The van der Waals surface area contributed by atoms with Gasteiger partial charge >= 0.3 is 0 Å². The number of aromatic amines is 1. The third-order valence-corrected chi connectivity index (χ3v) is 5.71. The van der Waals surface area contributed by atoms with E-state index in [1.807, 2.05) is 6.07 Å². The molecule has 140 valence electrons. The fraction of sp³-hybridized carbons (Fsp3) is 0.286. The predicted octanol–water partition coefficient (Wildman–Crippen LogP) is 4.89. The summed E-state index contributed by atoms with van der Waals surface area (Å²) in [7, 11) is 0. The number of aromatic nitrogens is 1. The minimum atomic E-state index is -0.434. The lowest BCUT2D eigenvalue weighted by Crippen LogP contribution is -2.38. The van der Waals surface area contributed by atoms with Gasteiger partial charge in [-0.3, -0.25) is 9.69 Å². The van der Waals surface area contributed by atoms with Gasteiger partial charge in [-0.1, -0.05) is 34.1 Å². The van der Waals surface area contributed by atoms with E-state index in [2.05, 4.69) is 55.5 Å². The molecule has 2 heterocycles. The maximum absolute atomic E-state index is 13.9. The molecule has 0 unspecified atom stereocenters. The van der Waals surface area contributed by atoms with Crippen LogP contribution in [0.1, 0.15) is 24.3 Å². The number of carbonyl (C=O) groups is 1. The van der Waals surface area contributed by atoms with Gasteiger partial charge < -0.3 is 10.3 Å². The zero-order valence-electron chi connectivity index (χ0n) is 14.8. The Hall–Kier alpha value is -2.18. The molecule has 27 heavy (non-hydrogen) atoms. The van der Waals surface area contributed by atoms with Crippen molar-refractivity contribution < 1.29 is 9.18 Å². The van der Waals surface area contributed by atoms with Gasteiger partial charge in [0.15, 0.2) is 0 Å². The van der Waals surface area contributed by atoms with Crippen LogP contribution in [0.25, 0.3) is 10.9 Å². The second-order valence-corrected chi connectivity index (χ2v) is 7.93. The van der Waals surface area contributed by atoms with Crippen LogP contribution in [0.3, 0.4) is 0 Å². The van der Waals surface area contributed by atoms with Crippen molar-refractivity contribution in [3.63, 3.8) is 0 Å². The number of H-pyrrole nitrogens is 1. The molecule has 0 saturated carbocycles. The monoisotopic (exact) mass is 429 g/mol. The average Bonchev–Trinajstić information content (AvgIpc) is 3.09. The first-order valence-electron chi connectivity index (χ1n) is 9.13. The number of carbonyl (C=O) groups excluding carboxylic acids is 1. The van der Waals surface area contributed by atoms with E-state index >= 15 is 0 Å². The molecule has 1 saturated heterocycles. The maximum Gasteiger partial charge on any atom is 0.238 e. The first-order chi connectivity index (χ1) is 13.1. The highest BCUT2D eigenvalue weighted by molar-refractivity contribution is 9.10. The SMILES string of the molecule is O=C(CN1CCC(c2c[nH]c3ccccc23)CC1)Nc1ccc(Br)cc1F. The molecule has 2 aromatic carbocycles.